The molecular weight excluding hydrogens is 210 g/mol. The molecule has 1 nitrogen and oxygen atoms in total. The number of alkyl halides is 2. The van der Waals surface area contributed by atoms with E-state index in [-0.39, 0.29) is 5.56 Å². The van der Waals surface area contributed by atoms with Crippen molar-refractivity contribution in [2.24, 2.45) is 0 Å². The van der Waals surface area contributed by atoms with Crippen molar-refractivity contribution in [1.82, 2.24) is 0 Å². The van der Waals surface area contributed by atoms with Crippen LogP contribution in [0.3, 0.4) is 0 Å². The number of benzene rings is 1. The molecule has 0 radical (unpaired) electrons. The number of hydrogen-bond donors (Lipinski definition) is 1. The first-order valence-electron chi connectivity index (χ1n) is 4.06. The fourth-order valence-electron chi connectivity index (χ4n) is 1.45. The maximum Gasteiger partial charge on any atom is 0.302 e. The number of aliphatic hydroxyl groups excluding tert-OH is 1. The Morgan fingerprint density at radius 2 is 2.07 bits per heavy atom. The Kier molecular flexibility index (Phi) is 2.09. The Balaban J connectivity index is 2.61. The third-order valence-corrected chi connectivity index (χ3v) is 2.44. The third-order valence-electron chi connectivity index (χ3n) is 2.20. The van der Waals surface area contributed by atoms with Crippen LogP contribution in [-0.4, -0.2) is 11.2 Å². The molecular formula is C10H7ClF2O. The van der Waals surface area contributed by atoms with Crippen LogP contribution in [0.2, 0.25) is 5.02 Å². The monoisotopic (exact) mass is 216 g/mol. The third kappa shape index (κ3) is 1.33. The summed E-state index contributed by atoms with van der Waals surface area (Å²) in [7, 11) is 0. The molecule has 1 aliphatic carbocycles. The van der Waals surface area contributed by atoms with Crippen molar-refractivity contribution in [1.29, 1.82) is 0 Å². The maximum absolute atomic E-state index is 13.4. The average molecular weight is 217 g/mol. The van der Waals surface area contributed by atoms with Gasteiger partial charge in [0.15, 0.2) is 0 Å². The van der Waals surface area contributed by atoms with Gasteiger partial charge in [0.2, 0.25) is 0 Å². The van der Waals surface area contributed by atoms with Gasteiger partial charge in [0.1, 0.15) is 6.10 Å². The van der Waals surface area contributed by atoms with Gasteiger partial charge >= 0.3 is 5.92 Å². The lowest BCUT2D eigenvalue weighted by Gasteiger charge is -2.25. The molecule has 0 saturated heterocycles. The van der Waals surface area contributed by atoms with E-state index in [1.165, 1.54) is 24.3 Å². The fraction of sp³-hybridized carbons (Fsp3) is 0.200. The van der Waals surface area contributed by atoms with E-state index in [0.29, 0.717) is 10.6 Å². The summed E-state index contributed by atoms with van der Waals surface area (Å²) in [4.78, 5) is 0. The number of rotatable bonds is 0. The highest BCUT2D eigenvalue weighted by atomic mass is 35.5. The van der Waals surface area contributed by atoms with E-state index >= 15 is 0 Å². The zero-order valence-corrected chi connectivity index (χ0v) is 7.80. The van der Waals surface area contributed by atoms with Gasteiger partial charge in [-0.05, 0) is 23.8 Å². The number of hydrogen-bond acceptors (Lipinski definition) is 1. The van der Waals surface area contributed by atoms with E-state index in [1.807, 2.05) is 0 Å². The first kappa shape index (κ1) is 9.62. The zero-order valence-electron chi connectivity index (χ0n) is 7.05. The van der Waals surface area contributed by atoms with Crippen LogP contribution in [-0.2, 0) is 5.92 Å². The van der Waals surface area contributed by atoms with Gasteiger partial charge < -0.3 is 5.11 Å². The van der Waals surface area contributed by atoms with E-state index in [2.05, 4.69) is 0 Å². The minimum absolute atomic E-state index is 0.183. The molecule has 0 aromatic heterocycles. The molecule has 0 saturated carbocycles. The molecule has 1 aromatic carbocycles. The van der Waals surface area contributed by atoms with Crippen LogP contribution in [0.5, 0.6) is 0 Å². The van der Waals surface area contributed by atoms with E-state index in [1.54, 1.807) is 0 Å². The minimum atomic E-state index is -3.23. The number of halogens is 3. The predicted octanol–water partition coefficient (Wildman–Crippen LogP) is 2.82. The molecule has 0 spiro atoms. The molecule has 1 N–H and O–H groups in total. The summed E-state index contributed by atoms with van der Waals surface area (Å²) in [5.41, 5.74) is 0.171. The molecule has 0 fully saturated rings. The van der Waals surface area contributed by atoms with Gasteiger partial charge in [-0.1, -0.05) is 23.7 Å². The topological polar surface area (TPSA) is 20.2 Å². The van der Waals surface area contributed by atoms with Gasteiger partial charge in [-0.3, -0.25) is 0 Å². The van der Waals surface area contributed by atoms with Crippen molar-refractivity contribution in [3.63, 3.8) is 0 Å². The summed E-state index contributed by atoms with van der Waals surface area (Å²) in [5, 5.41) is 9.49. The van der Waals surface area contributed by atoms with Gasteiger partial charge in [-0.15, -0.1) is 0 Å². The Hall–Kier alpha value is -0.930. The molecule has 14 heavy (non-hydrogen) atoms. The highest BCUT2D eigenvalue weighted by Gasteiger charge is 2.42. The number of fused-ring (bicyclic) bond motifs is 1. The normalized spacial score (nSPS) is 23.3. The number of aliphatic hydroxyl groups is 1. The first-order valence-corrected chi connectivity index (χ1v) is 4.44. The maximum atomic E-state index is 13.4. The van der Waals surface area contributed by atoms with Crippen molar-refractivity contribution in [3.8, 4) is 0 Å². The van der Waals surface area contributed by atoms with Crippen LogP contribution in [0.15, 0.2) is 24.3 Å². The van der Waals surface area contributed by atoms with Crippen LogP contribution >= 0.6 is 11.6 Å². The lowest BCUT2D eigenvalue weighted by Crippen LogP contribution is -2.31. The van der Waals surface area contributed by atoms with Crippen LogP contribution in [0.1, 0.15) is 11.1 Å². The van der Waals surface area contributed by atoms with Gasteiger partial charge in [-0.2, -0.15) is 8.78 Å². The van der Waals surface area contributed by atoms with Crippen molar-refractivity contribution in [2.45, 2.75) is 12.0 Å². The molecule has 0 bridgehead atoms. The molecule has 74 valence electrons. The largest absolute Gasteiger partial charge is 0.382 e. The highest BCUT2D eigenvalue weighted by molar-refractivity contribution is 6.30. The second kappa shape index (κ2) is 3.04. The lowest BCUT2D eigenvalue weighted by molar-refractivity contribution is -0.0940. The van der Waals surface area contributed by atoms with Crippen molar-refractivity contribution < 1.29 is 13.9 Å². The SMILES string of the molecule is OC1C=Cc2cc(Cl)ccc2C1(F)F. The van der Waals surface area contributed by atoms with Crippen molar-refractivity contribution in [2.75, 3.05) is 0 Å². The van der Waals surface area contributed by atoms with Crippen LogP contribution in [0, 0.1) is 0 Å². The first-order chi connectivity index (χ1) is 6.51. The second-order valence-corrected chi connectivity index (χ2v) is 3.59. The molecule has 0 amide bonds. The van der Waals surface area contributed by atoms with Crippen LogP contribution in [0.4, 0.5) is 8.78 Å². The zero-order chi connectivity index (χ0) is 10.3. The Labute approximate surface area is 84.6 Å². The van der Waals surface area contributed by atoms with Gasteiger partial charge in [0.25, 0.3) is 0 Å². The summed E-state index contributed by atoms with van der Waals surface area (Å²) in [6.45, 7) is 0. The Bertz CT molecular complexity index is 401. The second-order valence-electron chi connectivity index (χ2n) is 3.16. The summed E-state index contributed by atoms with van der Waals surface area (Å²) >= 11 is 5.66. The Morgan fingerprint density at radius 3 is 2.79 bits per heavy atom. The lowest BCUT2D eigenvalue weighted by atomic mass is 9.92. The standard InChI is InChI=1S/C10H7ClF2O/c11-7-2-3-8-6(5-7)1-4-9(14)10(8,12)13/h1-5,9,14H. The van der Waals surface area contributed by atoms with Crippen LogP contribution < -0.4 is 0 Å². The van der Waals surface area contributed by atoms with Crippen molar-refractivity contribution >= 4 is 17.7 Å². The summed E-state index contributed by atoms with van der Waals surface area (Å²) in [5.74, 6) is -3.23. The molecule has 4 heteroatoms. The van der Waals surface area contributed by atoms with E-state index in [9.17, 15) is 8.78 Å². The smallest absolute Gasteiger partial charge is 0.302 e. The Morgan fingerprint density at radius 1 is 1.36 bits per heavy atom. The fourth-order valence-corrected chi connectivity index (χ4v) is 1.63. The minimum Gasteiger partial charge on any atom is -0.382 e. The molecule has 1 unspecified atom stereocenters. The quantitative estimate of drug-likeness (QED) is 0.707. The van der Waals surface area contributed by atoms with E-state index in [4.69, 9.17) is 16.7 Å². The molecule has 1 atom stereocenters. The van der Waals surface area contributed by atoms with Gasteiger partial charge in [0, 0.05) is 10.6 Å². The molecule has 1 aliphatic rings. The molecule has 1 aromatic rings. The summed E-state index contributed by atoms with van der Waals surface area (Å²) < 4.78 is 26.8. The van der Waals surface area contributed by atoms with Gasteiger partial charge in [-0.25, -0.2) is 0 Å². The summed E-state index contributed by atoms with van der Waals surface area (Å²) in [6, 6.07) is 4.08. The van der Waals surface area contributed by atoms with Crippen molar-refractivity contribution in [3.05, 3.63) is 40.4 Å². The molecule has 2 rings (SSSR count). The average Bonchev–Trinajstić information content (AvgIpc) is 2.12. The highest BCUT2D eigenvalue weighted by Crippen LogP contribution is 2.39. The van der Waals surface area contributed by atoms with Gasteiger partial charge in [0.05, 0.1) is 0 Å². The van der Waals surface area contributed by atoms with E-state index in [0.717, 1.165) is 6.08 Å². The predicted molar refractivity (Wildman–Crippen MR) is 50.4 cm³/mol. The molecule has 0 aliphatic heterocycles. The molecule has 0 heterocycles. The summed E-state index contributed by atoms with van der Waals surface area (Å²) in [6.07, 6.45) is 0.762. The van der Waals surface area contributed by atoms with E-state index < -0.39 is 12.0 Å². The van der Waals surface area contributed by atoms with Crippen LogP contribution in [0.25, 0.3) is 6.08 Å².